The van der Waals surface area contributed by atoms with Crippen molar-refractivity contribution in [1.29, 1.82) is 0 Å². The second kappa shape index (κ2) is 7.59. The lowest BCUT2D eigenvalue weighted by Gasteiger charge is -2.14. The standard InChI is InChI=1S/C21H17FN4O3/c1-12(24-20(27)13-2-8-17-18(10-13)26-21(28)25-17)14-3-9-19(23-11-14)29-16-6-4-15(22)5-7-16/h2-12H,1H3,(H,24,27)(H2,25,26,28). The number of fused-ring (bicyclic) bond motifs is 1. The normalized spacial score (nSPS) is 11.9. The number of hydrogen-bond donors (Lipinski definition) is 3. The third kappa shape index (κ3) is 4.16. The fourth-order valence-corrected chi connectivity index (χ4v) is 2.87. The van der Waals surface area contributed by atoms with E-state index in [-0.39, 0.29) is 23.5 Å². The van der Waals surface area contributed by atoms with Crippen LogP contribution in [0.1, 0.15) is 28.9 Å². The van der Waals surface area contributed by atoms with E-state index in [0.29, 0.717) is 28.2 Å². The van der Waals surface area contributed by atoms with Gasteiger partial charge in [0.15, 0.2) is 0 Å². The Morgan fingerprint density at radius 3 is 2.55 bits per heavy atom. The van der Waals surface area contributed by atoms with Crippen LogP contribution >= 0.6 is 0 Å². The zero-order chi connectivity index (χ0) is 20.4. The van der Waals surface area contributed by atoms with Crippen LogP contribution in [0.15, 0.2) is 65.6 Å². The van der Waals surface area contributed by atoms with Gasteiger partial charge in [0.2, 0.25) is 5.88 Å². The molecule has 8 heteroatoms. The first kappa shape index (κ1) is 18.4. The molecule has 4 rings (SSSR count). The van der Waals surface area contributed by atoms with Crippen molar-refractivity contribution >= 4 is 16.9 Å². The Morgan fingerprint density at radius 2 is 1.83 bits per heavy atom. The minimum atomic E-state index is -0.341. The first-order chi connectivity index (χ1) is 14.0. The summed E-state index contributed by atoms with van der Waals surface area (Å²) in [6.07, 6.45) is 1.61. The number of nitrogens with one attached hydrogen (secondary N) is 3. The molecular weight excluding hydrogens is 375 g/mol. The van der Waals surface area contributed by atoms with Gasteiger partial charge in [0.05, 0.1) is 17.1 Å². The van der Waals surface area contributed by atoms with Crippen LogP contribution in [0, 0.1) is 5.82 Å². The lowest BCUT2D eigenvalue weighted by Crippen LogP contribution is -2.26. The van der Waals surface area contributed by atoms with Gasteiger partial charge in [0, 0.05) is 17.8 Å². The summed E-state index contributed by atoms with van der Waals surface area (Å²) in [4.78, 5) is 33.4. The lowest BCUT2D eigenvalue weighted by atomic mass is 10.1. The van der Waals surface area contributed by atoms with Crippen molar-refractivity contribution < 1.29 is 13.9 Å². The predicted octanol–water partition coefficient (Wildman–Crippen LogP) is 3.67. The summed E-state index contributed by atoms with van der Waals surface area (Å²) in [5.41, 5.74) is 2.12. The molecule has 146 valence electrons. The number of carbonyl (C=O) groups is 1. The first-order valence-electron chi connectivity index (χ1n) is 8.90. The largest absolute Gasteiger partial charge is 0.439 e. The van der Waals surface area contributed by atoms with Crippen LogP contribution in [-0.4, -0.2) is 20.9 Å². The highest BCUT2D eigenvalue weighted by Crippen LogP contribution is 2.21. The molecule has 2 aromatic heterocycles. The predicted molar refractivity (Wildman–Crippen MR) is 106 cm³/mol. The van der Waals surface area contributed by atoms with Crippen LogP contribution in [0.25, 0.3) is 11.0 Å². The number of H-pyrrole nitrogens is 2. The van der Waals surface area contributed by atoms with Crippen LogP contribution < -0.4 is 15.7 Å². The molecule has 0 bridgehead atoms. The molecule has 7 nitrogen and oxygen atoms in total. The zero-order valence-electron chi connectivity index (χ0n) is 15.4. The minimum Gasteiger partial charge on any atom is -0.439 e. The maximum atomic E-state index is 12.9. The van der Waals surface area contributed by atoms with Crippen molar-refractivity contribution in [3.8, 4) is 11.6 Å². The number of aromatic amines is 2. The number of ether oxygens (including phenoxy) is 1. The molecule has 1 atom stereocenters. The quantitative estimate of drug-likeness (QED) is 0.482. The molecule has 0 fully saturated rings. The van der Waals surface area contributed by atoms with Gasteiger partial charge < -0.3 is 20.0 Å². The second-order valence-electron chi connectivity index (χ2n) is 6.52. The molecule has 1 unspecified atom stereocenters. The summed E-state index contributed by atoms with van der Waals surface area (Å²) < 4.78 is 18.5. The van der Waals surface area contributed by atoms with Crippen LogP contribution in [0.5, 0.6) is 11.6 Å². The minimum absolute atomic E-state index is 0.270. The van der Waals surface area contributed by atoms with E-state index < -0.39 is 0 Å². The first-order valence-corrected chi connectivity index (χ1v) is 8.90. The van der Waals surface area contributed by atoms with Crippen molar-refractivity contribution in [2.75, 3.05) is 0 Å². The van der Waals surface area contributed by atoms with Gasteiger partial charge in [0.1, 0.15) is 11.6 Å². The molecule has 0 saturated heterocycles. The molecule has 2 aromatic carbocycles. The maximum Gasteiger partial charge on any atom is 0.323 e. The third-order valence-corrected chi connectivity index (χ3v) is 4.42. The Labute approximate surface area is 164 Å². The Balaban J connectivity index is 1.43. The number of amides is 1. The average Bonchev–Trinajstić information content (AvgIpc) is 3.09. The highest BCUT2D eigenvalue weighted by atomic mass is 19.1. The summed E-state index contributed by atoms with van der Waals surface area (Å²) in [7, 11) is 0. The van der Waals surface area contributed by atoms with Crippen LogP contribution in [0.3, 0.4) is 0 Å². The van der Waals surface area contributed by atoms with E-state index in [1.807, 2.05) is 6.92 Å². The summed E-state index contributed by atoms with van der Waals surface area (Å²) in [5.74, 6) is 0.229. The van der Waals surface area contributed by atoms with E-state index in [2.05, 4.69) is 20.3 Å². The molecule has 0 radical (unpaired) electrons. The molecule has 4 aromatic rings. The summed E-state index contributed by atoms with van der Waals surface area (Å²) in [5, 5.41) is 2.90. The Hall–Kier alpha value is -3.94. The monoisotopic (exact) mass is 392 g/mol. The highest BCUT2D eigenvalue weighted by Gasteiger charge is 2.13. The molecule has 29 heavy (non-hydrogen) atoms. The number of benzene rings is 2. The molecule has 3 N–H and O–H groups in total. The molecule has 2 heterocycles. The molecule has 0 aliphatic carbocycles. The number of aromatic nitrogens is 3. The fourth-order valence-electron chi connectivity index (χ4n) is 2.87. The van der Waals surface area contributed by atoms with Gasteiger partial charge in [0.25, 0.3) is 5.91 Å². The summed E-state index contributed by atoms with van der Waals surface area (Å²) in [6.45, 7) is 1.84. The molecular formula is C21H17FN4O3. The van der Waals surface area contributed by atoms with E-state index in [1.165, 1.54) is 24.3 Å². The van der Waals surface area contributed by atoms with Crippen LogP contribution in [0.2, 0.25) is 0 Å². The van der Waals surface area contributed by atoms with Gasteiger partial charge in [-0.05, 0) is 55.0 Å². The molecule has 1 amide bonds. The molecule has 0 spiro atoms. The zero-order valence-corrected chi connectivity index (χ0v) is 15.4. The van der Waals surface area contributed by atoms with Crippen molar-refractivity contribution in [1.82, 2.24) is 20.3 Å². The third-order valence-electron chi connectivity index (χ3n) is 4.42. The number of hydrogen-bond acceptors (Lipinski definition) is 4. The van der Waals surface area contributed by atoms with E-state index in [1.54, 1.807) is 36.5 Å². The van der Waals surface area contributed by atoms with Crippen LogP contribution in [-0.2, 0) is 0 Å². The van der Waals surface area contributed by atoms with Crippen molar-refractivity contribution in [3.63, 3.8) is 0 Å². The van der Waals surface area contributed by atoms with E-state index in [9.17, 15) is 14.0 Å². The van der Waals surface area contributed by atoms with Crippen LogP contribution in [0.4, 0.5) is 4.39 Å². The second-order valence-corrected chi connectivity index (χ2v) is 6.52. The van der Waals surface area contributed by atoms with E-state index in [4.69, 9.17) is 4.74 Å². The Morgan fingerprint density at radius 1 is 1.07 bits per heavy atom. The van der Waals surface area contributed by atoms with Crippen molar-refractivity contribution in [2.45, 2.75) is 13.0 Å². The van der Waals surface area contributed by atoms with Crippen molar-refractivity contribution in [2.24, 2.45) is 0 Å². The number of halogens is 1. The van der Waals surface area contributed by atoms with Gasteiger partial charge in [-0.1, -0.05) is 6.07 Å². The highest BCUT2D eigenvalue weighted by molar-refractivity contribution is 5.97. The topological polar surface area (TPSA) is 99.9 Å². The summed E-state index contributed by atoms with van der Waals surface area (Å²) >= 11 is 0. The molecule has 0 saturated carbocycles. The molecule has 0 aliphatic heterocycles. The van der Waals surface area contributed by atoms with Crippen molar-refractivity contribution in [3.05, 3.63) is 88.2 Å². The van der Waals surface area contributed by atoms with Gasteiger partial charge in [-0.2, -0.15) is 0 Å². The number of pyridine rings is 1. The van der Waals surface area contributed by atoms with Gasteiger partial charge in [-0.15, -0.1) is 0 Å². The van der Waals surface area contributed by atoms with E-state index in [0.717, 1.165) is 5.56 Å². The summed E-state index contributed by atoms with van der Waals surface area (Å²) in [6, 6.07) is 13.8. The van der Waals surface area contributed by atoms with E-state index >= 15 is 0 Å². The number of rotatable bonds is 5. The number of imidazole rings is 1. The lowest BCUT2D eigenvalue weighted by molar-refractivity contribution is 0.0940. The number of carbonyl (C=O) groups excluding carboxylic acids is 1. The Bertz CT molecular complexity index is 1210. The van der Waals surface area contributed by atoms with Gasteiger partial charge in [-0.25, -0.2) is 14.2 Å². The maximum absolute atomic E-state index is 12.9. The smallest absolute Gasteiger partial charge is 0.323 e. The van der Waals surface area contributed by atoms with Gasteiger partial charge >= 0.3 is 5.69 Å². The molecule has 0 aliphatic rings. The SMILES string of the molecule is CC(NC(=O)c1ccc2[nH]c(=O)[nH]c2c1)c1ccc(Oc2ccc(F)cc2)nc1. The average molecular weight is 392 g/mol. The number of nitrogens with zero attached hydrogens (tertiary/aromatic N) is 1. The Kier molecular flexibility index (Phi) is 4.82. The van der Waals surface area contributed by atoms with Gasteiger partial charge in [-0.3, -0.25) is 4.79 Å². The fraction of sp³-hybridized carbons (Fsp3) is 0.0952.